The zero-order valence-corrected chi connectivity index (χ0v) is 12.1. The lowest BCUT2D eigenvalue weighted by Gasteiger charge is -2.32. The van der Waals surface area contributed by atoms with E-state index >= 15 is 0 Å². The molecule has 1 saturated heterocycles. The topological polar surface area (TPSA) is 55.8 Å². The van der Waals surface area contributed by atoms with Crippen LogP contribution in [0.3, 0.4) is 0 Å². The molecule has 0 N–H and O–H groups in total. The first-order chi connectivity index (χ1) is 10.2. The number of ether oxygens (including phenoxy) is 2. The Morgan fingerprint density at radius 1 is 1.33 bits per heavy atom. The molecule has 2 heterocycles. The highest BCUT2D eigenvalue weighted by Crippen LogP contribution is 2.30. The monoisotopic (exact) mass is 289 g/mol. The largest absolute Gasteiger partial charge is 0.480 e. The summed E-state index contributed by atoms with van der Waals surface area (Å²) in [5, 5.41) is 0. The fourth-order valence-corrected chi connectivity index (χ4v) is 3.06. The van der Waals surface area contributed by atoms with Gasteiger partial charge in [0, 0.05) is 19.5 Å². The minimum Gasteiger partial charge on any atom is -0.480 e. The first kappa shape index (κ1) is 13.9. The lowest BCUT2D eigenvalue weighted by molar-refractivity contribution is -0.150. The molecule has 1 aromatic carbocycles. The number of hydrogen-bond acceptors (Lipinski definition) is 4. The first-order valence-electron chi connectivity index (χ1n) is 7.30. The van der Waals surface area contributed by atoms with Crippen molar-refractivity contribution in [3.8, 4) is 5.75 Å². The third-order valence-corrected chi connectivity index (χ3v) is 4.19. The Morgan fingerprint density at radius 3 is 2.90 bits per heavy atom. The molecule has 0 bridgehead atoms. The number of carbonyl (C=O) groups excluding carboxylic acids is 2. The molecule has 3 rings (SSSR count). The van der Waals surface area contributed by atoms with E-state index in [2.05, 4.69) is 0 Å². The average molecular weight is 289 g/mol. The van der Waals surface area contributed by atoms with Crippen molar-refractivity contribution in [1.82, 2.24) is 4.90 Å². The quantitative estimate of drug-likeness (QED) is 0.772. The molecule has 5 nitrogen and oxygen atoms in total. The highest BCUT2D eigenvalue weighted by Gasteiger charge is 2.36. The normalized spacial score (nSPS) is 24.1. The van der Waals surface area contributed by atoms with Gasteiger partial charge in [0.05, 0.1) is 13.0 Å². The van der Waals surface area contributed by atoms with Crippen molar-refractivity contribution in [2.75, 3.05) is 20.2 Å². The Morgan fingerprint density at radius 2 is 2.14 bits per heavy atom. The SMILES string of the molecule is COC(=O)C1CCCN(C(=O)C2Cc3ccccc3O2)C1. The van der Waals surface area contributed by atoms with Crippen molar-refractivity contribution >= 4 is 11.9 Å². The van der Waals surface area contributed by atoms with Gasteiger partial charge in [0.1, 0.15) is 5.75 Å². The van der Waals surface area contributed by atoms with Crippen molar-refractivity contribution < 1.29 is 19.1 Å². The summed E-state index contributed by atoms with van der Waals surface area (Å²) >= 11 is 0. The molecule has 1 fully saturated rings. The Kier molecular flexibility index (Phi) is 3.82. The number of nitrogens with zero attached hydrogens (tertiary/aromatic N) is 1. The maximum absolute atomic E-state index is 12.6. The summed E-state index contributed by atoms with van der Waals surface area (Å²) < 4.78 is 10.5. The van der Waals surface area contributed by atoms with E-state index in [0.29, 0.717) is 19.5 Å². The van der Waals surface area contributed by atoms with E-state index < -0.39 is 6.10 Å². The third-order valence-electron chi connectivity index (χ3n) is 4.19. The Labute approximate surface area is 123 Å². The van der Waals surface area contributed by atoms with Gasteiger partial charge in [-0.25, -0.2) is 0 Å². The second-order valence-electron chi connectivity index (χ2n) is 5.56. The van der Waals surface area contributed by atoms with Gasteiger partial charge in [0.25, 0.3) is 5.91 Å². The Balaban J connectivity index is 1.65. The van der Waals surface area contributed by atoms with Crippen LogP contribution in [-0.4, -0.2) is 43.1 Å². The second kappa shape index (κ2) is 5.76. The van der Waals surface area contributed by atoms with E-state index in [1.54, 1.807) is 4.90 Å². The van der Waals surface area contributed by atoms with Gasteiger partial charge in [-0.1, -0.05) is 18.2 Å². The Hall–Kier alpha value is -2.04. The molecule has 112 valence electrons. The van der Waals surface area contributed by atoms with Crippen LogP contribution in [0.2, 0.25) is 0 Å². The van der Waals surface area contributed by atoms with E-state index in [0.717, 1.165) is 24.2 Å². The number of piperidine rings is 1. The minimum absolute atomic E-state index is 0.0280. The van der Waals surface area contributed by atoms with Gasteiger partial charge in [0.2, 0.25) is 0 Å². The summed E-state index contributed by atoms with van der Waals surface area (Å²) in [4.78, 5) is 26.0. The summed E-state index contributed by atoms with van der Waals surface area (Å²) in [5.41, 5.74) is 1.07. The number of likely N-dealkylation sites (tertiary alicyclic amines) is 1. The zero-order valence-electron chi connectivity index (χ0n) is 12.1. The molecular weight excluding hydrogens is 270 g/mol. The van der Waals surface area contributed by atoms with Crippen LogP contribution in [0.4, 0.5) is 0 Å². The van der Waals surface area contributed by atoms with Crippen molar-refractivity contribution in [3.63, 3.8) is 0 Å². The van der Waals surface area contributed by atoms with E-state index in [1.807, 2.05) is 24.3 Å². The molecule has 21 heavy (non-hydrogen) atoms. The Bertz CT molecular complexity index is 532. The summed E-state index contributed by atoms with van der Waals surface area (Å²) in [6, 6.07) is 7.72. The van der Waals surface area contributed by atoms with Gasteiger partial charge in [-0.3, -0.25) is 9.59 Å². The van der Waals surface area contributed by atoms with Crippen molar-refractivity contribution in [2.45, 2.75) is 25.4 Å². The predicted octanol–water partition coefficient (Wildman–Crippen LogP) is 1.40. The number of para-hydroxylation sites is 1. The number of fused-ring (bicyclic) bond motifs is 1. The van der Waals surface area contributed by atoms with E-state index in [-0.39, 0.29) is 17.8 Å². The summed E-state index contributed by atoms with van der Waals surface area (Å²) in [7, 11) is 1.39. The van der Waals surface area contributed by atoms with Crippen LogP contribution in [-0.2, 0) is 20.7 Å². The number of hydrogen-bond donors (Lipinski definition) is 0. The highest BCUT2D eigenvalue weighted by molar-refractivity contribution is 5.83. The van der Waals surface area contributed by atoms with Crippen molar-refractivity contribution in [1.29, 1.82) is 0 Å². The van der Waals surface area contributed by atoms with Gasteiger partial charge in [-0.2, -0.15) is 0 Å². The van der Waals surface area contributed by atoms with Crippen LogP contribution in [0.5, 0.6) is 5.75 Å². The standard InChI is InChI=1S/C16H19NO4/c1-20-16(19)12-6-4-8-17(10-12)15(18)14-9-11-5-2-3-7-13(11)21-14/h2-3,5,7,12,14H,4,6,8-10H2,1H3. The molecule has 0 aliphatic carbocycles. The van der Waals surface area contributed by atoms with Crippen molar-refractivity contribution in [2.24, 2.45) is 5.92 Å². The summed E-state index contributed by atoms with van der Waals surface area (Å²) in [5.74, 6) is 0.316. The third kappa shape index (κ3) is 2.73. The molecule has 0 saturated carbocycles. The van der Waals surface area contributed by atoms with Gasteiger partial charge in [0.15, 0.2) is 6.10 Å². The number of esters is 1. The van der Waals surface area contributed by atoms with Gasteiger partial charge < -0.3 is 14.4 Å². The van der Waals surface area contributed by atoms with Gasteiger partial charge in [-0.15, -0.1) is 0 Å². The van der Waals surface area contributed by atoms with Crippen LogP contribution in [0.25, 0.3) is 0 Å². The molecule has 2 aliphatic heterocycles. The lowest BCUT2D eigenvalue weighted by atomic mass is 9.97. The van der Waals surface area contributed by atoms with E-state index in [9.17, 15) is 9.59 Å². The maximum Gasteiger partial charge on any atom is 0.310 e. The van der Waals surface area contributed by atoms with Crippen LogP contribution in [0.1, 0.15) is 18.4 Å². The number of benzene rings is 1. The molecule has 5 heteroatoms. The molecule has 2 atom stereocenters. The minimum atomic E-state index is -0.459. The first-order valence-corrected chi connectivity index (χ1v) is 7.30. The van der Waals surface area contributed by atoms with Gasteiger partial charge in [-0.05, 0) is 24.5 Å². The number of methoxy groups -OCH3 is 1. The van der Waals surface area contributed by atoms with Crippen LogP contribution in [0.15, 0.2) is 24.3 Å². The van der Waals surface area contributed by atoms with Gasteiger partial charge >= 0.3 is 5.97 Å². The van der Waals surface area contributed by atoms with E-state index in [1.165, 1.54) is 7.11 Å². The molecule has 2 unspecified atom stereocenters. The molecule has 1 aromatic rings. The maximum atomic E-state index is 12.6. The molecule has 2 aliphatic rings. The zero-order chi connectivity index (χ0) is 14.8. The average Bonchev–Trinajstić information content (AvgIpc) is 2.97. The summed E-state index contributed by atoms with van der Waals surface area (Å²) in [6.45, 7) is 1.12. The number of rotatable bonds is 2. The number of carbonyl (C=O) groups is 2. The summed E-state index contributed by atoms with van der Waals surface area (Å²) in [6.07, 6.45) is 1.75. The fourth-order valence-electron chi connectivity index (χ4n) is 3.06. The molecule has 0 radical (unpaired) electrons. The predicted molar refractivity (Wildman–Crippen MR) is 75.9 cm³/mol. The lowest BCUT2D eigenvalue weighted by Crippen LogP contribution is -2.48. The fraction of sp³-hybridized carbons (Fsp3) is 0.500. The van der Waals surface area contributed by atoms with Crippen LogP contribution >= 0.6 is 0 Å². The molecule has 0 aromatic heterocycles. The van der Waals surface area contributed by atoms with Crippen LogP contribution in [0, 0.1) is 5.92 Å². The van der Waals surface area contributed by atoms with Crippen molar-refractivity contribution in [3.05, 3.63) is 29.8 Å². The second-order valence-corrected chi connectivity index (χ2v) is 5.56. The molecular formula is C16H19NO4. The van der Waals surface area contributed by atoms with E-state index in [4.69, 9.17) is 9.47 Å². The van der Waals surface area contributed by atoms with Crippen LogP contribution < -0.4 is 4.74 Å². The molecule has 0 spiro atoms. The highest BCUT2D eigenvalue weighted by atomic mass is 16.5. The number of amides is 1. The smallest absolute Gasteiger partial charge is 0.310 e. The molecule has 1 amide bonds.